The van der Waals surface area contributed by atoms with E-state index in [-0.39, 0.29) is 0 Å². The third kappa shape index (κ3) is 12.0. The Balaban J connectivity index is 3.21. The van der Waals surface area contributed by atoms with Crippen molar-refractivity contribution in [1.29, 1.82) is 0 Å². The lowest BCUT2D eigenvalue weighted by molar-refractivity contribution is 0.296. The van der Waals surface area contributed by atoms with Crippen LogP contribution in [0, 0.1) is 0 Å². The van der Waals surface area contributed by atoms with E-state index in [1.54, 1.807) is 0 Å². The fourth-order valence-corrected chi connectivity index (χ4v) is 1.73. The molecule has 3 nitrogen and oxygen atoms in total. The fraction of sp³-hybridized carbons (Fsp3) is 1.00. The number of unbranched alkanes of at least 4 members (excludes halogenated alkanes) is 2. The van der Waals surface area contributed by atoms with E-state index in [1.165, 1.54) is 51.9 Å². The van der Waals surface area contributed by atoms with Crippen LogP contribution in [0.4, 0.5) is 0 Å². The highest BCUT2D eigenvalue weighted by Crippen LogP contribution is 1.98. The predicted octanol–water partition coefficient (Wildman–Crippen LogP) is 1.60. The molecule has 0 atom stereocenters. The van der Waals surface area contributed by atoms with E-state index < -0.39 is 0 Å². The van der Waals surface area contributed by atoms with E-state index in [9.17, 15) is 0 Å². The summed E-state index contributed by atoms with van der Waals surface area (Å²) in [5.41, 5.74) is 0. The van der Waals surface area contributed by atoms with Crippen molar-refractivity contribution in [1.82, 2.24) is 14.7 Å². The van der Waals surface area contributed by atoms with Crippen molar-refractivity contribution in [2.45, 2.75) is 25.7 Å². The zero-order valence-corrected chi connectivity index (χ0v) is 12.0. The molecule has 16 heavy (non-hydrogen) atoms. The SMILES string of the molecule is CN(C)CCCCN(C)CCCCN(C)C. The Kier molecular flexibility index (Phi) is 9.99. The molecule has 0 unspecified atom stereocenters. The second kappa shape index (κ2) is 10.1. The summed E-state index contributed by atoms with van der Waals surface area (Å²) in [6.07, 6.45) is 5.27. The van der Waals surface area contributed by atoms with Gasteiger partial charge in [0.25, 0.3) is 0 Å². The smallest absolute Gasteiger partial charge is 0.00213 e. The van der Waals surface area contributed by atoms with Gasteiger partial charge in [-0.05, 0) is 87.1 Å². The Morgan fingerprint density at radius 3 is 1.12 bits per heavy atom. The van der Waals surface area contributed by atoms with Gasteiger partial charge in [0.05, 0.1) is 0 Å². The molecule has 0 radical (unpaired) electrons. The van der Waals surface area contributed by atoms with Crippen LogP contribution in [0.25, 0.3) is 0 Å². The normalized spacial score (nSPS) is 12.0. The lowest BCUT2D eigenvalue weighted by Gasteiger charge is -2.17. The number of hydrogen-bond acceptors (Lipinski definition) is 3. The van der Waals surface area contributed by atoms with E-state index in [1.807, 2.05) is 0 Å². The number of nitrogens with zero attached hydrogens (tertiary/aromatic N) is 3. The highest BCUT2D eigenvalue weighted by Gasteiger charge is 1.99. The van der Waals surface area contributed by atoms with Crippen molar-refractivity contribution < 1.29 is 0 Å². The first-order valence-electron chi connectivity index (χ1n) is 6.50. The lowest BCUT2D eigenvalue weighted by Crippen LogP contribution is -2.23. The van der Waals surface area contributed by atoms with Gasteiger partial charge >= 0.3 is 0 Å². The summed E-state index contributed by atoms with van der Waals surface area (Å²) in [6.45, 7) is 4.93. The minimum atomic E-state index is 1.22. The maximum Gasteiger partial charge on any atom is -0.00213 e. The average molecular weight is 229 g/mol. The summed E-state index contributed by atoms with van der Waals surface area (Å²) in [7, 11) is 10.8. The Bertz CT molecular complexity index is 130. The molecule has 0 bridgehead atoms. The third-order valence-electron chi connectivity index (χ3n) is 2.79. The minimum Gasteiger partial charge on any atom is -0.309 e. The molecule has 0 N–H and O–H groups in total. The zero-order valence-electron chi connectivity index (χ0n) is 12.0. The van der Waals surface area contributed by atoms with Gasteiger partial charge in [-0.2, -0.15) is 0 Å². The molecule has 0 aliphatic rings. The molecule has 3 heteroatoms. The molecular formula is C13H31N3. The zero-order chi connectivity index (χ0) is 12.4. The lowest BCUT2D eigenvalue weighted by atomic mass is 10.2. The maximum atomic E-state index is 2.46. The Morgan fingerprint density at radius 1 is 0.500 bits per heavy atom. The van der Waals surface area contributed by atoms with Gasteiger partial charge in [0.1, 0.15) is 0 Å². The summed E-state index contributed by atoms with van der Waals surface area (Å²) in [4.78, 5) is 6.99. The quantitative estimate of drug-likeness (QED) is 0.527. The molecule has 0 heterocycles. The van der Waals surface area contributed by atoms with E-state index >= 15 is 0 Å². The maximum absolute atomic E-state index is 2.46. The first-order chi connectivity index (χ1) is 7.52. The van der Waals surface area contributed by atoms with E-state index in [0.29, 0.717) is 0 Å². The molecule has 0 amide bonds. The van der Waals surface area contributed by atoms with Gasteiger partial charge in [0.15, 0.2) is 0 Å². The number of hydrogen-bond donors (Lipinski definition) is 0. The topological polar surface area (TPSA) is 9.72 Å². The van der Waals surface area contributed by atoms with E-state index in [0.717, 1.165) is 0 Å². The molecule has 0 saturated heterocycles. The van der Waals surface area contributed by atoms with Crippen LogP contribution in [-0.2, 0) is 0 Å². The Morgan fingerprint density at radius 2 is 0.812 bits per heavy atom. The largest absolute Gasteiger partial charge is 0.309 e. The summed E-state index contributed by atoms with van der Waals surface area (Å²) in [6, 6.07) is 0. The van der Waals surface area contributed by atoms with Gasteiger partial charge < -0.3 is 14.7 Å². The van der Waals surface area contributed by atoms with Crippen LogP contribution in [0.2, 0.25) is 0 Å². The van der Waals surface area contributed by atoms with E-state index in [4.69, 9.17) is 0 Å². The van der Waals surface area contributed by atoms with Crippen LogP contribution in [-0.4, -0.2) is 76.1 Å². The molecule has 0 spiro atoms. The van der Waals surface area contributed by atoms with Crippen molar-refractivity contribution in [3.8, 4) is 0 Å². The molecule has 0 aliphatic carbocycles. The molecule has 0 aromatic rings. The van der Waals surface area contributed by atoms with Crippen LogP contribution >= 0.6 is 0 Å². The molecule has 0 fully saturated rings. The summed E-state index contributed by atoms with van der Waals surface area (Å²) >= 11 is 0. The third-order valence-corrected chi connectivity index (χ3v) is 2.79. The van der Waals surface area contributed by atoms with Gasteiger partial charge in [-0.15, -0.1) is 0 Å². The molecule has 0 saturated carbocycles. The molecule has 0 aliphatic heterocycles. The van der Waals surface area contributed by atoms with Gasteiger partial charge in [0, 0.05) is 0 Å². The van der Waals surface area contributed by atoms with Gasteiger partial charge in [-0.3, -0.25) is 0 Å². The first kappa shape index (κ1) is 15.9. The molecule has 0 rings (SSSR count). The van der Waals surface area contributed by atoms with Gasteiger partial charge in [-0.25, -0.2) is 0 Å². The van der Waals surface area contributed by atoms with Crippen LogP contribution in [0.15, 0.2) is 0 Å². The predicted molar refractivity (Wildman–Crippen MR) is 73.1 cm³/mol. The first-order valence-corrected chi connectivity index (χ1v) is 6.50. The molecule has 0 aromatic heterocycles. The van der Waals surface area contributed by atoms with Crippen molar-refractivity contribution in [2.24, 2.45) is 0 Å². The minimum absolute atomic E-state index is 1.22. The Labute approximate surface area is 102 Å². The second-order valence-corrected chi connectivity index (χ2v) is 5.32. The summed E-state index contributed by atoms with van der Waals surface area (Å²) in [5.74, 6) is 0. The van der Waals surface area contributed by atoms with Gasteiger partial charge in [0.2, 0.25) is 0 Å². The average Bonchev–Trinajstić information content (AvgIpc) is 2.19. The van der Waals surface area contributed by atoms with Crippen molar-refractivity contribution in [3.63, 3.8) is 0 Å². The fourth-order valence-electron chi connectivity index (χ4n) is 1.73. The monoisotopic (exact) mass is 229 g/mol. The highest BCUT2D eigenvalue weighted by molar-refractivity contribution is 4.55. The van der Waals surface area contributed by atoms with Gasteiger partial charge in [-0.1, -0.05) is 0 Å². The number of rotatable bonds is 10. The van der Waals surface area contributed by atoms with Crippen molar-refractivity contribution >= 4 is 0 Å². The molecular weight excluding hydrogens is 198 g/mol. The highest BCUT2D eigenvalue weighted by atomic mass is 15.1. The van der Waals surface area contributed by atoms with Crippen molar-refractivity contribution in [2.75, 3.05) is 61.4 Å². The van der Waals surface area contributed by atoms with Crippen LogP contribution < -0.4 is 0 Å². The van der Waals surface area contributed by atoms with E-state index in [2.05, 4.69) is 49.9 Å². The molecule has 0 aromatic carbocycles. The summed E-state index contributed by atoms with van der Waals surface area (Å²) in [5, 5.41) is 0. The van der Waals surface area contributed by atoms with Crippen LogP contribution in [0.3, 0.4) is 0 Å². The van der Waals surface area contributed by atoms with Crippen LogP contribution in [0.5, 0.6) is 0 Å². The standard InChI is InChI=1S/C13H31N3/c1-14(2)10-6-8-12-16(5)13-9-7-11-15(3)4/h6-13H2,1-5H3. The van der Waals surface area contributed by atoms with Crippen LogP contribution in [0.1, 0.15) is 25.7 Å². The molecule has 98 valence electrons. The second-order valence-electron chi connectivity index (χ2n) is 5.32. The summed E-state index contributed by atoms with van der Waals surface area (Å²) < 4.78 is 0. The Hall–Kier alpha value is -0.120. The van der Waals surface area contributed by atoms with Crippen molar-refractivity contribution in [3.05, 3.63) is 0 Å².